The second-order valence-electron chi connectivity index (χ2n) is 5.06. The highest BCUT2D eigenvalue weighted by Crippen LogP contribution is 2.34. The molecule has 0 amide bonds. The Hall–Kier alpha value is -2.01. The lowest BCUT2D eigenvalue weighted by Crippen LogP contribution is -2.17. The molecule has 5 nitrogen and oxygen atoms in total. The van der Waals surface area contributed by atoms with Gasteiger partial charge in [0.25, 0.3) is 0 Å². The minimum Gasteiger partial charge on any atom is -0.378 e. The molecule has 3 aromatic rings. The molecule has 0 bridgehead atoms. The molecule has 3 rings (SSSR count). The van der Waals surface area contributed by atoms with Gasteiger partial charge in [-0.2, -0.15) is 10.4 Å². The highest BCUT2D eigenvalue weighted by Gasteiger charge is 2.17. The van der Waals surface area contributed by atoms with Crippen LogP contribution in [0.1, 0.15) is 22.2 Å². The lowest BCUT2D eigenvalue weighted by Gasteiger charge is -2.04. The van der Waals surface area contributed by atoms with Crippen molar-refractivity contribution in [2.75, 3.05) is 5.32 Å². The fourth-order valence-corrected chi connectivity index (χ4v) is 4.18. The lowest BCUT2D eigenvalue weighted by molar-refractivity contribution is 0.745. The van der Waals surface area contributed by atoms with Crippen LogP contribution in [0.5, 0.6) is 0 Å². The Morgan fingerprint density at radius 2 is 2.36 bits per heavy atom. The summed E-state index contributed by atoms with van der Waals surface area (Å²) in [5.41, 5.74) is 8.06. The van der Waals surface area contributed by atoms with Gasteiger partial charge in [0.2, 0.25) is 0 Å². The van der Waals surface area contributed by atoms with E-state index in [9.17, 15) is 5.26 Å². The van der Waals surface area contributed by atoms with Crippen molar-refractivity contribution < 1.29 is 0 Å². The zero-order valence-corrected chi connectivity index (χ0v) is 13.7. The fraction of sp³-hybridized carbons (Fsp3) is 0.267. The van der Waals surface area contributed by atoms with E-state index in [0.717, 1.165) is 21.8 Å². The van der Waals surface area contributed by atoms with Gasteiger partial charge < -0.3 is 11.1 Å². The van der Waals surface area contributed by atoms with Crippen LogP contribution in [0.4, 0.5) is 5.69 Å². The van der Waals surface area contributed by atoms with E-state index in [2.05, 4.69) is 33.0 Å². The van der Waals surface area contributed by atoms with Crippen molar-refractivity contribution in [3.8, 4) is 6.07 Å². The van der Waals surface area contributed by atoms with E-state index in [-0.39, 0.29) is 6.04 Å². The molecule has 112 valence electrons. The molecule has 0 aliphatic carbocycles. The number of nitrogens with one attached hydrogen (secondary N) is 1. The summed E-state index contributed by atoms with van der Waals surface area (Å²) in [7, 11) is 0. The maximum Gasteiger partial charge on any atom is 0.124 e. The van der Waals surface area contributed by atoms with Crippen LogP contribution in [0, 0.1) is 11.3 Å². The smallest absolute Gasteiger partial charge is 0.124 e. The molecule has 3 aromatic heterocycles. The Labute approximate surface area is 136 Å². The molecule has 0 fully saturated rings. The first-order valence-corrected chi connectivity index (χ1v) is 8.57. The SMILES string of the molecule is CC(N)Cc1sc2c(NCc3cccs3)cnnc2c1C#N. The zero-order valence-electron chi connectivity index (χ0n) is 12.0. The number of hydrogen-bond acceptors (Lipinski definition) is 7. The summed E-state index contributed by atoms with van der Waals surface area (Å²) in [6.45, 7) is 2.67. The van der Waals surface area contributed by atoms with E-state index in [0.29, 0.717) is 17.5 Å². The van der Waals surface area contributed by atoms with Crippen LogP contribution in [0.25, 0.3) is 10.2 Å². The van der Waals surface area contributed by atoms with Crippen molar-refractivity contribution in [2.45, 2.75) is 25.9 Å². The Bertz CT molecular complexity index is 814. The second kappa shape index (κ2) is 6.40. The highest BCUT2D eigenvalue weighted by atomic mass is 32.1. The number of thiophene rings is 2. The highest BCUT2D eigenvalue weighted by molar-refractivity contribution is 7.20. The Balaban J connectivity index is 1.97. The standard InChI is InChI=1S/C15H15N5S2/c1-9(17)5-13-11(6-16)14-15(22-13)12(8-19-20-14)18-7-10-3-2-4-21-10/h2-4,8-9H,5,7,17H2,1H3,(H,18,20). The zero-order chi connectivity index (χ0) is 15.5. The summed E-state index contributed by atoms with van der Waals surface area (Å²) < 4.78 is 0.971. The van der Waals surface area contributed by atoms with Gasteiger partial charge >= 0.3 is 0 Å². The van der Waals surface area contributed by atoms with Crippen molar-refractivity contribution in [2.24, 2.45) is 5.73 Å². The molecule has 3 heterocycles. The topological polar surface area (TPSA) is 87.6 Å². The van der Waals surface area contributed by atoms with E-state index in [1.165, 1.54) is 4.88 Å². The first-order valence-electron chi connectivity index (χ1n) is 6.88. The minimum atomic E-state index is 0.00986. The third-order valence-corrected chi connectivity index (χ3v) is 5.31. The molecule has 1 atom stereocenters. The van der Waals surface area contributed by atoms with Gasteiger partial charge in [-0.3, -0.25) is 0 Å². The van der Waals surface area contributed by atoms with Gasteiger partial charge in [-0.1, -0.05) is 6.07 Å². The van der Waals surface area contributed by atoms with Crippen LogP contribution in [0.3, 0.4) is 0 Å². The monoisotopic (exact) mass is 329 g/mol. The van der Waals surface area contributed by atoms with Crippen LogP contribution in [0.15, 0.2) is 23.7 Å². The normalized spacial score (nSPS) is 12.2. The molecule has 22 heavy (non-hydrogen) atoms. The van der Waals surface area contributed by atoms with E-state index in [4.69, 9.17) is 5.73 Å². The number of nitriles is 1. The van der Waals surface area contributed by atoms with Crippen molar-refractivity contribution in [3.63, 3.8) is 0 Å². The molecule has 0 spiro atoms. The molecule has 0 aromatic carbocycles. The summed E-state index contributed by atoms with van der Waals surface area (Å²) in [4.78, 5) is 2.23. The van der Waals surface area contributed by atoms with Crippen molar-refractivity contribution >= 4 is 38.6 Å². The summed E-state index contributed by atoms with van der Waals surface area (Å²) in [6, 6.07) is 6.37. The largest absolute Gasteiger partial charge is 0.378 e. The second-order valence-corrected chi connectivity index (χ2v) is 7.20. The van der Waals surface area contributed by atoms with Gasteiger partial charge in [-0.15, -0.1) is 27.8 Å². The first kappa shape index (κ1) is 14.9. The molecule has 7 heteroatoms. The van der Waals surface area contributed by atoms with Crippen LogP contribution in [0.2, 0.25) is 0 Å². The number of aromatic nitrogens is 2. The molecule has 0 saturated heterocycles. The van der Waals surface area contributed by atoms with Crippen LogP contribution in [-0.2, 0) is 13.0 Å². The molecule has 1 unspecified atom stereocenters. The number of rotatable bonds is 5. The Morgan fingerprint density at radius 1 is 1.50 bits per heavy atom. The van der Waals surface area contributed by atoms with Gasteiger partial charge in [0.05, 0.1) is 22.1 Å². The quantitative estimate of drug-likeness (QED) is 0.751. The van der Waals surface area contributed by atoms with E-state index in [1.54, 1.807) is 28.9 Å². The maximum absolute atomic E-state index is 9.42. The molecule has 0 saturated carbocycles. The van der Waals surface area contributed by atoms with E-state index >= 15 is 0 Å². The summed E-state index contributed by atoms with van der Waals surface area (Å²) in [5.74, 6) is 0. The first-order chi connectivity index (χ1) is 10.7. The average Bonchev–Trinajstić information content (AvgIpc) is 3.11. The number of hydrogen-bond donors (Lipinski definition) is 2. The van der Waals surface area contributed by atoms with Crippen molar-refractivity contribution in [3.05, 3.63) is 39.0 Å². The molecule has 0 aliphatic rings. The van der Waals surface area contributed by atoms with E-state index < -0.39 is 0 Å². The summed E-state index contributed by atoms with van der Waals surface area (Å²) in [5, 5.41) is 23.0. The van der Waals surface area contributed by atoms with Crippen LogP contribution in [-0.4, -0.2) is 16.2 Å². The molecule has 3 N–H and O–H groups in total. The van der Waals surface area contributed by atoms with Gasteiger partial charge in [-0.05, 0) is 24.8 Å². The number of anilines is 1. The molecule has 0 radical (unpaired) electrons. The third-order valence-electron chi connectivity index (χ3n) is 3.20. The lowest BCUT2D eigenvalue weighted by atomic mass is 10.1. The predicted octanol–water partition coefficient (Wildman–Crippen LogP) is 3.13. The van der Waals surface area contributed by atoms with Crippen molar-refractivity contribution in [1.29, 1.82) is 5.26 Å². The molecular formula is C15H15N5S2. The summed E-state index contributed by atoms with van der Waals surface area (Å²) >= 11 is 3.28. The van der Waals surface area contributed by atoms with Crippen molar-refractivity contribution in [1.82, 2.24) is 10.2 Å². The average molecular weight is 329 g/mol. The number of nitrogens with two attached hydrogens (primary N) is 1. The number of nitrogens with zero attached hydrogens (tertiary/aromatic N) is 3. The van der Waals surface area contributed by atoms with Crippen LogP contribution < -0.4 is 11.1 Å². The minimum absolute atomic E-state index is 0.00986. The van der Waals surface area contributed by atoms with Gasteiger partial charge in [0.1, 0.15) is 11.6 Å². The van der Waals surface area contributed by atoms with E-state index in [1.807, 2.05) is 13.0 Å². The molecule has 0 aliphatic heterocycles. The Kier molecular flexibility index (Phi) is 4.34. The van der Waals surface area contributed by atoms with Gasteiger partial charge in [-0.25, -0.2) is 0 Å². The predicted molar refractivity (Wildman–Crippen MR) is 91.1 cm³/mol. The van der Waals surface area contributed by atoms with Gasteiger partial charge in [0, 0.05) is 22.3 Å². The van der Waals surface area contributed by atoms with Crippen LogP contribution >= 0.6 is 22.7 Å². The summed E-state index contributed by atoms with van der Waals surface area (Å²) in [6.07, 6.45) is 2.39. The fourth-order valence-electron chi connectivity index (χ4n) is 2.22. The Morgan fingerprint density at radius 3 is 3.05 bits per heavy atom. The molecular weight excluding hydrogens is 314 g/mol. The van der Waals surface area contributed by atoms with Gasteiger partial charge in [0.15, 0.2) is 0 Å². The maximum atomic E-state index is 9.42. The number of fused-ring (bicyclic) bond motifs is 1. The third kappa shape index (κ3) is 2.95.